The van der Waals surface area contributed by atoms with E-state index in [1.54, 1.807) is 35.5 Å². The number of carbonyl (C=O) groups excluding carboxylic acids is 3. The Bertz CT molecular complexity index is 1360. The van der Waals surface area contributed by atoms with Gasteiger partial charge in [-0.05, 0) is 12.1 Å². The Labute approximate surface area is 198 Å². The lowest BCUT2D eigenvalue weighted by Gasteiger charge is -2.34. The number of nitrogens with one attached hydrogen (secondary N) is 1. The van der Waals surface area contributed by atoms with Crippen molar-refractivity contribution in [3.05, 3.63) is 59.6 Å². The summed E-state index contributed by atoms with van der Waals surface area (Å²) in [5, 5.41) is 3.02. The summed E-state index contributed by atoms with van der Waals surface area (Å²) >= 11 is 1.42. The van der Waals surface area contributed by atoms with Gasteiger partial charge in [-0.2, -0.15) is 0 Å². The maximum absolute atomic E-state index is 13.2. The average Bonchev–Trinajstić information content (AvgIpc) is 3.58. The van der Waals surface area contributed by atoms with Crippen LogP contribution < -0.4 is 4.74 Å². The van der Waals surface area contributed by atoms with E-state index in [2.05, 4.69) is 19.9 Å². The molecule has 1 N–H and O–H groups in total. The fourth-order valence-electron chi connectivity index (χ4n) is 3.98. The van der Waals surface area contributed by atoms with E-state index in [0.717, 1.165) is 0 Å². The van der Waals surface area contributed by atoms with Gasteiger partial charge in [-0.25, -0.2) is 9.97 Å². The van der Waals surface area contributed by atoms with E-state index in [9.17, 15) is 14.4 Å². The second kappa shape index (κ2) is 9.02. The summed E-state index contributed by atoms with van der Waals surface area (Å²) in [6.45, 7) is 1.16. The zero-order chi connectivity index (χ0) is 23.7. The Hall–Kier alpha value is -4.12. The van der Waals surface area contributed by atoms with Crippen LogP contribution in [-0.2, 0) is 4.79 Å². The molecule has 4 aromatic heterocycles. The molecule has 172 valence electrons. The molecular weight excluding hydrogens is 456 g/mol. The number of amides is 2. The lowest BCUT2D eigenvalue weighted by molar-refractivity contribution is -0.127. The molecule has 0 bridgehead atoms. The molecule has 0 saturated carbocycles. The van der Waals surface area contributed by atoms with Crippen LogP contribution in [0, 0.1) is 0 Å². The van der Waals surface area contributed by atoms with Gasteiger partial charge in [0.1, 0.15) is 22.1 Å². The monoisotopic (exact) mass is 476 g/mol. The number of nitrogens with zero attached hydrogens (tertiary/aromatic N) is 5. The Morgan fingerprint density at radius 3 is 2.50 bits per heavy atom. The third-order valence-electron chi connectivity index (χ3n) is 5.71. The van der Waals surface area contributed by atoms with Crippen molar-refractivity contribution in [1.29, 1.82) is 0 Å². The van der Waals surface area contributed by atoms with Gasteiger partial charge in [0, 0.05) is 50.1 Å². The Morgan fingerprint density at radius 1 is 1.03 bits per heavy atom. The highest BCUT2D eigenvalue weighted by Crippen LogP contribution is 2.35. The number of carbonyl (C=O) groups is 3. The highest BCUT2D eigenvalue weighted by molar-refractivity contribution is 7.13. The lowest BCUT2D eigenvalue weighted by atomic mass is 10.1. The van der Waals surface area contributed by atoms with Crippen LogP contribution in [0.1, 0.15) is 20.8 Å². The van der Waals surface area contributed by atoms with E-state index in [1.165, 1.54) is 35.7 Å². The minimum absolute atomic E-state index is 0.192. The quantitative estimate of drug-likeness (QED) is 0.346. The topological polar surface area (TPSA) is 121 Å². The molecule has 10 nitrogen and oxygen atoms in total. The van der Waals surface area contributed by atoms with E-state index in [1.807, 2.05) is 5.38 Å². The number of hydrogen-bond donors (Lipinski definition) is 1. The van der Waals surface area contributed by atoms with Crippen molar-refractivity contribution < 1.29 is 19.1 Å². The van der Waals surface area contributed by atoms with Crippen molar-refractivity contribution in [3.63, 3.8) is 0 Å². The Kier molecular flexibility index (Phi) is 5.76. The van der Waals surface area contributed by atoms with Gasteiger partial charge in [0.05, 0.1) is 29.8 Å². The first-order valence-corrected chi connectivity index (χ1v) is 11.4. The predicted molar refractivity (Wildman–Crippen MR) is 125 cm³/mol. The van der Waals surface area contributed by atoms with Crippen molar-refractivity contribution >= 4 is 39.8 Å². The SMILES string of the molecule is COc1cnc(-c2nccs2)c2[nH]cc(C(=O)C(=O)N3CCN(C(=O)c4ccccn4)CC3)c12. The van der Waals surface area contributed by atoms with Crippen LogP contribution >= 0.6 is 11.3 Å². The zero-order valence-corrected chi connectivity index (χ0v) is 19.0. The zero-order valence-electron chi connectivity index (χ0n) is 18.2. The maximum atomic E-state index is 13.2. The summed E-state index contributed by atoms with van der Waals surface area (Å²) in [6, 6.07) is 5.15. The third-order valence-corrected chi connectivity index (χ3v) is 6.49. The highest BCUT2D eigenvalue weighted by atomic mass is 32.1. The van der Waals surface area contributed by atoms with Gasteiger partial charge in [-0.1, -0.05) is 6.07 Å². The molecule has 5 heterocycles. The summed E-state index contributed by atoms with van der Waals surface area (Å²) in [7, 11) is 1.49. The molecule has 11 heteroatoms. The van der Waals surface area contributed by atoms with Gasteiger partial charge >= 0.3 is 0 Å². The number of aromatic amines is 1. The number of ether oxygens (including phenoxy) is 1. The fraction of sp³-hybridized carbons (Fsp3) is 0.217. The van der Waals surface area contributed by atoms with Gasteiger partial charge in [-0.15, -0.1) is 11.3 Å². The number of Topliss-reactive ketones (excluding diaryl/α,β-unsaturated/α-hetero) is 1. The molecule has 4 aromatic rings. The van der Waals surface area contributed by atoms with Crippen molar-refractivity contribution in [2.24, 2.45) is 0 Å². The van der Waals surface area contributed by atoms with Gasteiger partial charge in [0.25, 0.3) is 17.6 Å². The van der Waals surface area contributed by atoms with Gasteiger partial charge in [-0.3, -0.25) is 19.4 Å². The molecule has 0 spiro atoms. The van der Waals surface area contributed by atoms with E-state index >= 15 is 0 Å². The van der Waals surface area contributed by atoms with Crippen LogP contribution in [0.25, 0.3) is 21.6 Å². The Balaban J connectivity index is 1.36. The molecule has 5 rings (SSSR count). The van der Waals surface area contributed by atoms with Gasteiger partial charge in [0.15, 0.2) is 0 Å². The molecule has 0 radical (unpaired) electrons. The summed E-state index contributed by atoms with van der Waals surface area (Å²) in [5.74, 6) is -1.08. The molecule has 0 unspecified atom stereocenters. The summed E-state index contributed by atoms with van der Waals surface area (Å²) < 4.78 is 5.43. The molecule has 0 aromatic carbocycles. The highest BCUT2D eigenvalue weighted by Gasteiger charge is 2.31. The van der Waals surface area contributed by atoms with Crippen LogP contribution in [0.5, 0.6) is 5.75 Å². The number of thiazole rings is 1. The number of methoxy groups -OCH3 is 1. The molecule has 0 atom stereocenters. The third kappa shape index (κ3) is 3.79. The van der Waals surface area contributed by atoms with E-state index in [-0.39, 0.29) is 24.6 Å². The van der Waals surface area contributed by atoms with E-state index in [0.29, 0.717) is 46.1 Å². The molecule has 1 aliphatic rings. The standard InChI is InChI=1S/C23H20N6O4S/c1-33-16-13-27-19(21-25-6-11-34-21)18-17(16)14(12-26-18)20(30)23(32)29-9-7-28(8-10-29)22(31)15-4-2-3-5-24-15/h2-6,11-13,26H,7-10H2,1H3. The molecule has 1 fully saturated rings. The molecule has 0 aliphatic carbocycles. The van der Waals surface area contributed by atoms with Crippen LogP contribution in [0.4, 0.5) is 0 Å². The molecule has 1 saturated heterocycles. The number of aromatic nitrogens is 4. The normalized spacial score (nSPS) is 13.8. The van der Waals surface area contributed by atoms with Gasteiger partial charge in [0.2, 0.25) is 0 Å². The number of fused-ring (bicyclic) bond motifs is 1. The predicted octanol–water partition coefficient (Wildman–Crippen LogP) is 2.26. The number of hydrogen-bond acceptors (Lipinski definition) is 8. The summed E-state index contributed by atoms with van der Waals surface area (Å²) in [5.41, 5.74) is 1.73. The largest absolute Gasteiger partial charge is 0.494 e. The molecule has 1 aliphatic heterocycles. The smallest absolute Gasteiger partial charge is 0.295 e. The number of ketones is 1. The fourth-order valence-corrected chi connectivity index (χ4v) is 4.62. The minimum Gasteiger partial charge on any atom is -0.494 e. The number of rotatable bonds is 5. The van der Waals surface area contributed by atoms with Crippen LogP contribution in [0.3, 0.4) is 0 Å². The van der Waals surface area contributed by atoms with Crippen LogP contribution in [-0.4, -0.2) is 80.6 Å². The molecule has 34 heavy (non-hydrogen) atoms. The number of pyridine rings is 2. The second-order valence-electron chi connectivity index (χ2n) is 7.59. The number of piperazine rings is 1. The first-order valence-electron chi connectivity index (χ1n) is 10.6. The van der Waals surface area contributed by atoms with Crippen molar-refractivity contribution in [2.45, 2.75) is 0 Å². The first-order chi connectivity index (χ1) is 16.6. The number of H-pyrrole nitrogens is 1. The lowest BCUT2D eigenvalue weighted by Crippen LogP contribution is -2.52. The second-order valence-corrected chi connectivity index (χ2v) is 8.49. The summed E-state index contributed by atoms with van der Waals surface area (Å²) in [4.78, 5) is 57.9. The van der Waals surface area contributed by atoms with E-state index in [4.69, 9.17) is 4.74 Å². The minimum atomic E-state index is -0.648. The Morgan fingerprint density at radius 2 is 1.82 bits per heavy atom. The van der Waals surface area contributed by atoms with Crippen molar-refractivity contribution in [1.82, 2.24) is 29.7 Å². The molecular formula is C23H20N6O4S. The average molecular weight is 477 g/mol. The van der Waals surface area contributed by atoms with E-state index < -0.39 is 11.7 Å². The first kappa shape index (κ1) is 21.7. The van der Waals surface area contributed by atoms with Gasteiger partial charge < -0.3 is 19.5 Å². The van der Waals surface area contributed by atoms with Crippen LogP contribution in [0.2, 0.25) is 0 Å². The van der Waals surface area contributed by atoms with Crippen molar-refractivity contribution in [3.8, 4) is 16.5 Å². The summed E-state index contributed by atoms with van der Waals surface area (Å²) in [6.07, 6.45) is 6.27. The maximum Gasteiger partial charge on any atom is 0.295 e. The molecule has 2 amide bonds. The van der Waals surface area contributed by atoms with Crippen LogP contribution in [0.15, 0.2) is 48.4 Å². The van der Waals surface area contributed by atoms with Crippen molar-refractivity contribution in [2.75, 3.05) is 33.3 Å².